The van der Waals surface area contributed by atoms with E-state index in [2.05, 4.69) is 5.32 Å². The van der Waals surface area contributed by atoms with E-state index in [1.807, 2.05) is 92.7 Å². The molecule has 0 saturated carbocycles. The van der Waals surface area contributed by atoms with Crippen molar-refractivity contribution in [2.24, 2.45) is 0 Å². The maximum Gasteiger partial charge on any atom is 0.261 e. The number of likely N-dealkylation sites (N-methyl/N-ethyl adjacent to an activating group) is 1. The van der Waals surface area contributed by atoms with Gasteiger partial charge >= 0.3 is 0 Å². The Morgan fingerprint density at radius 3 is 2.29 bits per heavy atom. The van der Waals surface area contributed by atoms with Crippen LogP contribution < -0.4 is 14.8 Å². The van der Waals surface area contributed by atoms with Crippen LogP contribution in [-0.4, -0.2) is 43.0 Å². The number of ether oxygens (including phenoxy) is 2. The van der Waals surface area contributed by atoms with Crippen molar-refractivity contribution in [3.8, 4) is 11.5 Å². The summed E-state index contributed by atoms with van der Waals surface area (Å²) in [6.45, 7) is 4.42. The van der Waals surface area contributed by atoms with Gasteiger partial charge in [0.15, 0.2) is 6.61 Å². The standard InChI is InChI=1S/C28H32N2O4/c1-4-29-28(32)26(18-22-9-6-5-7-10-22)30(19-23-11-8-12-25(17-23)33-3)27(31)20-34-24-15-13-21(2)14-16-24/h5-17,26H,4,18-20H2,1-3H3,(H,29,32)/t26-/m0/s1. The summed E-state index contributed by atoms with van der Waals surface area (Å²) < 4.78 is 11.1. The molecule has 178 valence electrons. The van der Waals surface area contributed by atoms with Crippen molar-refractivity contribution in [3.05, 3.63) is 95.6 Å². The number of nitrogens with one attached hydrogen (secondary N) is 1. The molecule has 2 amide bonds. The number of benzene rings is 3. The molecule has 0 aromatic heterocycles. The van der Waals surface area contributed by atoms with Crippen LogP contribution in [0.5, 0.6) is 11.5 Å². The fourth-order valence-corrected chi connectivity index (χ4v) is 3.68. The molecular formula is C28H32N2O4. The number of nitrogens with zero attached hydrogens (tertiary/aromatic N) is 1. The number of carbonyl (C=O) groups excluding carboxylic acids is 2. The largest absolute Gasteiger partial charge is 0.497 e. The molecule has 1 N–H and O–H groups in total. The van der Waals surface area contributed by atoms with Gasteiger partial charge in [-0.05, 0) is 49.2 Å². The average Bonchev–Trinajstić information content (AvgIpc) is 2.86. The SMILES string of the molecule is CCNC(=O)[C@H](Cc1ccccc1)N(Cc1cccc(OC)c1)C(=O)COc1ccc(C)cc1. The molecular weight excluding hydrogens is 428 g/mol. The number of aryl methyl sites for hydroxylation is 1. The number of methoxy groups -OCH3 is 1. The molecule has 3 aromatic carbocycles. The van der Waals surface area contributed by atoms with Crippen molar-refractivity contribution in [1.29, 1.82) is 0 Å². The summed E-state index contributed by atoms with van der Waals surface area (Å²) in [6.07, 6.45) is 0.396. The smallest absolute Gasteiger partial charge is 0.261 e. The maximum absolute atomic E-state index is 13.5. The van der Waals surface area contributed by atoms with E-state index in [0.29, 0.717) is 24.5 Å². The van der Waals surface area contributed by atoms with E-state index < -0.39 is 6.04 Å². The summed E-state index contributed by atoms with van der Waals surface area (Å²) in [6, 6.07) is 24.1. The molecule has 3 rings (SSSR count). The molecule has 0 spiro atoms. The lowest BCUT2D eigenvalue weighted by Gasteiger charge is -2.31. The van der Waals surface area contributed by atoms with Crippen molar-refractivity contribution >= 4 is 11.8 Å². The molecule has 1 atom stereocenters. The molecule has 34 heavy (non-hydrogen) atoms. The van der Waals surface area contributed by atoms with E-state index in [9.17, 15) is 9.59 Å². The topological polar surface area (TPSA) is 67.9 Å². The first kappa shape index (κ1) is 24.8. The first-order valence-electron chi connectivity index (χ1n) is 11.4. The molecule has 0 bridgehead atoms. The van der Waals surface area contributed by atoms with Gasteiger partial charge in [0, 0.05) is 19.5 Å². The first-order chi connectivity index (χ1) is 16.5. The third kappa shape index (κ3) is 7.10. The quantitative estimate of drug-likeness (QED) is 0.467. The summed E-state index contributed by atoms with van der Waals surface area (Å²) in [5, 5.41) is 2.89. The highest BCUT2D eigenvalue weighted by atomic mass is 16.5. The van der Waals surface area contributed by atoms with Crippen molar-refractivity contribution in [2.45, 2.75) is 32.9 Å². The van der Waals surface area contributed by atoms with Crippen LogP contribution in [-0.2, 0) is 22.6 Å². The minimum Gasteiger partial charge on any atom is -0.497 e. The number of carbonyl (C=O) groups is 2. The molecule has 0 heterocycles. The second-order valence-corrected chi connectivity index (χ2v) is 8.07. The second kappa shape index (κ2) is 12.4. The average molecular weight is 461 g/mol. The van der Waals surface area contributed by atoms with Gasteiger partial charge in [0.1, 0.15) is 17.5 Å². The molecule has 0 saturated heterocycles. The van der Waals surface area contributed by atoms with Gasteiger partial charge in [-0.3, -0.25) is 9.59 Å². The Morgan fingerprint density at radius 2 is 1.62 bits per heavy atom. The molecule has 0 fully saturated rings. The highest BCUT2D eigenvalue weighted by Gasteiger charge is 2.30. The van der Waals surface area contributed by atoms with Crippen molar-refractivity contribution in [2.75, 3.05) is 20.3 Å². The zero-order valence-electron chi connectivity index (χ0n) is 20.0. The van der Waals surface area contributed by atoms with E-state index in [1.165, 1.54) is 0 Å². The van der Waals surface area contributed by atoms with Gasteiger partial charge in [-0.2, -0.15) is 0 Å². The molecule has 0 radical (unpaired) electrons. The van der Waals surface area contributed by atoms with Crippen LogP contribution in [0, 0.1) is 6.92 Å². The van der Waals surface area contributed by atoms with Crippen molar-refractivity contribution in [1.82, 2.24) is 10.2 Å². The predicted octanol–water partition coefficient (Wildman–Crippen LogP) is 4.16. The number of amides is 2. The summed E-state index contributed by atoms with van der Waals surface area (Å²) in [5.41, 5.74) is 2.95. The normalized spacial score (nSPS) is 11.4. The van der Waals surface area contributed by atoms with E-state index in [-0.39, 0.29) is 25.0 Å². The molecule has 0 aliphatic rings. The molecule has 6 heteroatoms. The van der Waals surface area contributed by atoms with Crippen LogP contribution in [0.3, 0.4) is 0 Å². The van der Waals surface area contributed by atoms with Crippen LogP contribution in [0.15, 0.2) is 78.9 Å². The van der Waals surface area contributed by atoms with Crippen molar-refractivity contribution in [3.63, 3.8) is 0 Å². The van der Waals surface area contributed by atoms with Gasteiger partial charge in [0.2, 0.25) is 5.91 Å². The molecule has 3 aromatic rings. The number of rotatable bonds is 11. The molecule has 0 unspecified atom stereocenters. The Bertz CT molecular complexity index is 1070. The monoisotopic (exact) mass is 460 g/mol. The zero-order chi connectivity index (χ0) is 24.3. The Kier molecular flexibility index (Phi) is 9.09. The van der Waals surface area contributed by atoms with Crippen LogP contribution in [0.25, 0.3) is 0 Å². The fraction of sp³-hybridized carbons (Fsp3) is 0.286. The van der Waals surface area contributed by atoms with Crippen molar-refractivity contribution < 1.29 is 19.1 Å². The lowest BCUT2D eigenvalue weighted by Crippen LogP contribution is -2.51. The molecule has 6 nitrogen and oxygen atoms in total. The van der Waals surface area contributed by atoms with E-state index in [0.717, 1.165) is 16.7 Å². The Labute approximate surface area is 201 Å². The van der Waals surface area contributed by atoms with Gasteiger partial charge in [0.05, 0.1) is 7.11 Å². The van der Waals surface area contributed by atoms with Gasteiger partial charge in [-0.1, -0.05) is 60.2 Å². The van der Waals surface area contributed by atoms with E-state index in [4.69, 9.17) is 9.47 Å². The number of hydrogen-bond acceptors (Lipinski definition) is 4. The molecule has 0 aliphatic carbocycles. The highest BCUT2D eigenvalue weighted by Crippen LogP contribution is 2.19. The molecule has 0 aliphatic heterocycles. The maximum atomic E-state index is 13.5. The summed E-state index contributed by atoms with van der Waals surface area (Å²) in [5.74, 6) is 0.838. The number of hydrogen-bond donors (Lipinski definition) is 1. The van der Waals surface area contributed by atoms with Gasteiger partial charge < -0.3 is 19.7 Å². The van der Waals surface area contributed by atoms with E-state index in [1.54, 1.807) is 12.0 Å². The van der Waals surface area contributed by atoms with E-state index >= 15 is 0 Å². The van der Waals surface area contributed by atoms with Gasteiger partial charge in [-0.15, -0.1) is 0 Å². The third-order valence-electron chi connectivity index (χ3n) is 5.49. The van der Waals surface area contributed by atoms with Gasteiger partial charge in [-0.25, -0.2) is 0 Å². The fourth-order valence-electron chi connectivity index (χ4n) is 3.68. The minimum absolute atomic E-state index is 0.169. The summed E-state index contributed by atoms with van der Waals surface area (Å²) >= 11 is 0. The Balaban J connectivity index is 1.89. The zero-order valence-corrected chi connectivity index (χ0v) is 20.0. The van der Waals surface area contributed by atoms with Gasteiger partial charge in [0.25, 0.3) is 5.91 Å². The lowest BCUT2D eigenvalue weighted by molar-refractivity contribution is -0.142. The summed E-state index contributed by atoms with van der Waals surface area (Å²) in [7, 11) is 1.60. The first-order valence-corrected chi connectivity index (χ1v) is 11.4. The lowest BCUT2D eigenvalue weighted by atomic mass is 10.0. The van der Waals surface area contributed by atoms with Crippen LogP contribution in [0.1, 0.15) is 23.6 Å². The van der Waals surface area contributed by atoms with Crippen LogP contribution >= 0.6 is 0 Å². The summed E-state index contributed by atoms with van der Waals surface area (Å²) in [4.78, 5) is 28.2. The highest BCUT2D eigenvalue weighted by molar-refractivity contribution is 5.88. The van der Waals surface area contributed by atoms with Crippen LogP contribution in [0.2, 0.25) is 0 Å². The predicted molar refractivity (Wildman–Crippen MR) is 133 cm³/mol. The second-order valence-electron chi connectivity index (χ2n) is 8.07. The Morgan fingerprint density at radius 1 is 0.912 bits per heavy atom. The minimum atomic E-state index is -0.692. The third-order valence-corrected chi connectivity index (χ3v) is 5.49. The Hall–Kier alpha value is -3.80. The van der Waals surface area contributed by atoms with Crippen LogP contribution in [0.4, 0.5) is 0 Å².